The van der Waals surface area contributed by atoms with Gasteiger partial charge < -0.3 is 14.7 Å². The molecule has 1 atom stereocenters. The molecule has 3 aromatic rings. The first-order valence-electron chi connectivity index (χ1n) is 11.0. The van der Waals surface area contributed by atoms with Crippen molar-refractivity contribution in [3.63, 3.8) is 0 Å². The van der Waals surface area contributed by atoms with E-state index in [1.807, 2.05) is 58.8 Å². The van der Waals surface area contributed by atoms with Gasteiger partial charge >= 0.3 is 0 Å². The van der Waals surface area contributed by atoms with Crippen LogP contribution in [0.25, 0.3) is 11.4 Å². The number of rotatable bonds is 4. The van der Waals surface area contributed by atoms with E-state index in [1.54, 1.807) is 11.1 Å². The summed E-state index contributed by atoms with van der Waals surface area (Å²) in [5.74, 6) is 1.63. The van der Waals surface area contributed by atoms with Crippen molar-refractivity contribution in [1.82, 2.24) is 19.8 Å². The molecule has 0 unspecified atom stereocenters. The number of likely N-dealkylation sites (tertiary alicyclic amines) is 1. The smallest absolute Gasteiger partial charge is 0.264 e. The second-order valence-corrected chi connectivity index (χ2v) is 9.00. The van der Waals surface area contributed by atoms with Crippen molar-refractivity contribution in [3.05, 3.63) is 65.0 Å². The molecule has 1 aromatic carbocycles. The number of carbonyl (C=O) groups excluding carboxylic acids is 2. The number of aromatic nitrogens is 2. The fraction of sp³-hybridized carbons (Fsp3) is 0.333. The summed E-state index contributed by atoms with van der Waals surface area (Å²) in [5.41, 5.74) is 0.986. The molecular weight excluding hydrogens is 422 g/mol. The zero-order chi connectivity index (χ0) is 21.9. The number of piperazine rings is 1. The van der Waals surface area contributed by atoms with Gasteiger partial charge in [0.25, 0.3) is 5.91 Å². The molecule has 2 fully saturated rings. The van der Waals surface area contributed by atoms with Crippen LogP contribution in [0.2, 0.25) is 0 Å². The zero-order valence-electron chi connectivity index (χ0n) is 17.8. The Hall–Kier alpha value is -3.26. The second-order valence-electron chi connectivity index (χ2n) is 8.05. The Morgan fingerprint density at radius 3 is 2.50 bits per heavy atom. The van der Waals surface area contributed by atoms with Crippen molar-refractivity contribution in [2.75, 3.05) is 37.6 Å². The summed E-state index contributed by atoms with van der Waals surface area (Å²) in [5, 5.41) is 1.90. The Labute approximate surface area is 191 Å². The van der Waals surface area contributed by atoms with E-state index in [4.69, 9.17) is 4.98 Å². The highest BCUT2D eigenvalue weighted by Gasteiger charge is 2.38. The van der Waals surface area contributed by atoms with E-state index in [9.17, 15) is 9.59 Å². The molecule has 164 valence electrons. The second kappa shape index (κ2) is 9.08. The molecule has 0 N–H and O–H groups in total. The molecule has 2 aliphatic rings. The molecule has 0 spiro atoms. The van der Waals surface area contributed by atoms with Crippen LogP contribution in [0.3, 0.4) is 0 Å². The van der Waals surface area contributed by atoms with Gasteiger partial charge in [0.1, 0.15) is 11.9 Å². The highest BCUT2D eigenvalue weighted by atomic mass is 32.1. The zero-order valence-corrected chi connectivity index (χ0v) is 18.6. The Morgan fingerprint density at radius 2 is 1.75 bits per heavy atom. The minimum Gasteiger partial charge on any atom is -0.353 e. The fourth-order valence-corrected chi connectivity index (χ4v) is 5.11. The molecular formula is C24H25N5O2S. The molecule has 8 heteroatoms. The lowest BCUT2D eigenvalue weighted by molar-refractivity contribution is -0.135. The number of hydrogen-bond acceptors (Lipinski definition) is 6. The Morgan fingerprint density at radius 1 is 0.938 bits per heavy atom. The van der Waals surface area contributed by atoms with E-state index in [0.717, 1.165) is 24.2 Å². The summed E-state index contributed by atoms with van der Waals surface area (Å²) >= 11 is 1.43. The maximum absolute atomic E-state index is 13.3. The number of thiophene rings is 1. The van der Waals surface area contributed by atoms with Crippen molar-refractivity contribution < 1.29 is 9.59 Å². The van der Waals surface area contributed by atoms with Gasteiger partial charge in [-0.3, -0.25) is 9.59 Å². The Bertz CT molecular complexity index is 1080. The third-order valence-electron chi connectivity index (χ3n) is 6.12. The number of amides is 2. The van der Waals surface area contributed by atoms with E-state index in [1.165, 1.54) is 11.3 Å². The average Bonchev–Trinajstić information content (AvgIpc) is 3.57. The molecule has 5 rings (SSSR count). The minimum atomic E-state index is -0.347. The number of anilines is 1. The lowest BCUT2D eigenvalue weighted by atomic mass is 10.1. The van der Waals surface area contributed by atoms with E-state index in [-0.39, 0.29) is 17.9 Å². The van der Waals surface area contributed by atoms with Gasteiger partial charge in [0.2, 0.25) is 5.91 Å². The Kier molecular flexibility index (Phi) is 5.85. The maximum atomic E-state index is 13.3. The summed E-state index contributed by atoms with van der Waals surface area (Å²) < 4.78 is 0. The molecule has 7 nitrogen and oxygen atoms in total. The number of benzene rings is 1. The van der Waals surface area contributed by atoms with Crippen LogP contribution in [-0.2, 0) is 4.79 Å². The number of nitrogens with zero attached hydrogens (tertiary/aromatic N) is 5. The predicted molar refractivity (Wildman–Crippen MR) is 125 cm³/mol. The third kappa shape index (κ3) is 4.10. The standard InChI is InChI=1S/C24H25N5O2S/c30-23(19-8-4-12-29(19)24(31)20-9-5-17-32-20)28-15-13-27(14-16-28)21-10-11-25-22(26-21)18-6-2-1-3-7-18/h1-3,5-7,9-11,17,19H,4,8,12-16H2/t19-/m0/s1. The van der Waals surface area contributed by atoms with Crippen molar-refractivity contribution in [2.24, 2.45) is 0 Å². The van der Waals surface area contributed by atoms with Gasteiger partial charge in [0.05, 0.1) is 4.88 Å². The average molecular weight is 448 g/mol. The van der Waals surface area contributed by atoms with Gasteiger partial charge in [-0.1, -0.05) is 36.4 Å². The van der Waals surface area contributed by atoms with Crippen LogP contribution in [-0.4, -0.2) is 70.3 Å². The lowest BCUT2D eigenvalue weighted by Gasteiger charge is -2.37. The van der Waals surface area contributed by atoms with Crippen LogP contribution in [0.5, 0.6) is 0 Å². The summed E-state index contributed by atoms with van der Waals surface area (Å²) in [6.45, 7) is 3.32. The van der Waals surface area contributed by atoms with Crippen molar-refractivity contribution in [3.8, 4) is 11.4 Å². The van der Waals surface area contributed by atoms with Crippen LogP contribution in [0.15, 0.2) is 60.1 Å². The number of hydrogen-bond donors (Lipinski definition) is 0. The molecule has 0 bridgehead atoms. The van der Waals surface area contributed by atoms with E-state index in [0.29, 0.717) is 43.4 Å². The molecule has 2 aromatic heterocycles. The van der Waals surface area contributed by atoms with Crippen LogP contribution in [0.1, 0.15) is 22.5 Å². The van der Waals surface area contributed by atoms with Crippen molar-refractivity contribution in [1.29, 1.82) is 0 Å². The summed E-state index contributed by atoms with van der Waals surface area (Å²) in [6, 6.07) is 15.2. The minimum absolute atomic E-state index is 0.0242. The fourth-order valence-electron chi connectivity index (χ4n) is 4.43. The molecule has 2 saturated heterocycles. The van der Waals surface area contributed by atoms with Crippen LogP contribution in [0, 0.1) is 0 Å². The topological polar surface area (TPSA) is 69.6 Å². The molecule has 0 radical (unpaired) electrons. The monoisotopic (exact) mass is 447 g/mol. The SMILES string of the molecule is O=C([C@@H]1CCCN1C(=O)c1cccs1)N1CCN(c2ccnc(-c3ccccc3)n2)CC1. The van der Waals surface area contributed by atoms with Gasteiger partial charge in [0, 0.05) is 44.5 Å². The van der Waals surface area contributed by atoms with E-state index in [2.05, 4.69) is 9.88 Å². The molecule has 2 aliphatic heterocycles. The van der Waals surface area contributed by atoms with Crippen LogP contribution in [0.4, 0.5) is 5.82 Å². The van der Waals surface area contributed by atoms with Gasteiger partial charge in [-0.25, -0.2) is 9.97 Å². The third-order valence-corrected chi connectivity index (χ3v) is 6.98. The van der Waals surface area contributed by atoms with E-state index < -0.39 is 0 Å². The highest BCUT2D eigenvalue weighted by molar-refractivity contribution is 7.12. The predicted octanol–water partition coefficient (Wildman–Crippen LogP) is 3.16. The van der Waals surface area contributed by atoms with Crippen LogP contribution < -0.4 is 4.90 Å². The van der Waals surface area contributed by atoms with Gasteiger partial charge in [-0.05, 0) is 30.4 Å². The molecule has 4 heterocycles. The molecule has 32 heavy (non-hydrogen) atoms. The highest BCUT2D eigenvalue weighted by Crippen LogP contribution is 2.25. The van der Waals surface area contributed by atoms with Gasteiger partial charge in [-0.15, -0.1) is 11.3 Å². The summed E-state index contributed by atoms with van der Waals surface area (Å²) in [6.07, 6.45) is 3.40. The molecule has 0 aliphatic carbocycles. The maximum Gasteiger partial charge on any atom is 0.264 e. The number of carbonyl (C=O) groups is 2. The van der Waals surface area contributed by atoms with Gasteiger partial charge in [-0.2, -0.15) is 0 Å². The first-order valence-corrected chi connectivity index (χ1v) is 11.9. The molecule has 2 amide bonds. The largest absolute Gasteiger partial charge is 0.353 e. The van der Waals surface area contributed by atoms with Crippen LogP contribution >= 0.6 is 11.3 Å². The first kappa shape index (κ1) is 20.6. The Balaban J connectivity index is 1.23. The van der Waals surface area contributed by atoms with Crippen molar-refractivity contribution in [2.45, 2.75) is 18.9 Å². The van der Waals surface area contributed by atoms with Gasteiger partial charge in [0.15, 0.2) is 5.82 Å². The summed E-state index contributed by atoms with van der Waals surface area (Å²) in [7, 11) is 0. The molecule has 0 saturated carbocycles. The van der Waals surface area contributed by atoms with E-state index >= 15 is 0 Å². The van der Waals surface area contributed by atoms with Crippen molar-refractivity contribution >= 4 is 29.0 Å². The first-order chi connectivity index (χ1) is 15.7. The lowest BCUT2D eigenvalue weighted by Crippen LogP contribution is -2.54. The summed E-state index contributed by atoms with van der Waals surface area (Å²) in [4.78, 5) is 41.8. The normalized spacial score (nSPS) is 18.8. The quantitative estimate of drug-likeness (QED) is 0.615.